The highest BCUT2D eigenvalue weighted by atomic mass is 35.5. The van der Waals surface area contributed by atoms with Gasteiger partial charge in [0.05, 0.1) is 21.8 Å². The number of allylic oxidation sites excluding steroid dienone is 1. The molecule has 0 radical (unpaired) electrons. The predicted molar refractivity (Wildman–Crippen MR) is 119 cm³/mol. The summed E-state index contributed by atoms with van der Waals surface area (Å²) in [4.78, 5) is 4.52. The first kappa shape index (κ1) is 24.0. The van der Waals surface area contributed by atoms with Crippen LogP contribution in [0.2, 0.25) is 5.02 Å². The number of nitrogens with zero attached hydrogens (tertiary/aromatic N) is 1. The first-order chi connectivity index (χ1) is 15.2. The summed E-state index contributed by atoms with van der Waals surface area (Å²) in [7, 11) is 0. The summed E-state index contributed by atoms with van der Waals surface area (Å²) in [5, 5.41) is 3.90. The van der Waals surface area contributed by atoms with Crippen LogP contribution in [0.5, 0.6) is 0 Å². The van der Waals surface area contributed by atoms with Crippen molar-refractivity contribution in [3.8, 4) is 0 Å². The van der Waals surface area contributed by atoms with E-state index in [0.29, 0.717) is 22.7 Å². The summed E-state index contributed by atoms with van der Waals surface area (Å²) in [5.74, 6) is -1.29. The van der Waals surface area contributed by atoms with Crippen LogP contribution < -0.4 is 5.32 Å². The van der Waals surface area contributed by atoms with E-state index in [1.807, 2.05) is 50.3 Å². The monoisotopic (exact) mass is 462 g/mol. The predicted octanol–water partition coefficient (Wildman–Crippen LogP) is 7.09. The quantitative estimate of drug-likeness (QED) is 0.299. The zero-order valence-corrected chi connectivity index (χ0v) is 18.4. The van der Waals surface area contributed by atoms with Gasteiger partial charge in [0.15, 0.2) is 0 Å². The Kier molecular flexibility index (Phi) is 7.36. The Morgan fingerprint density at radius 2 is 1.75 bits per heavy atom. The van der Waals surface area contributed by atoms with Crippen LogP contribution in [0.1, 0.15) is 36.2 Å². The molecule has 1 unspecified atom stereocenters. The van der Waals surface area contributed by atoms with Gasteiger partial charge in [0, 0.05) is 19.2 Å². The molecule has 3 rings (SSSR count). The van der Waals surface area contributed by atoms with Crippen molar-refractivity contribution in [1.29, 1.82) is 0 Å². The normalized spacial score (nSPS) is 14.3. The fraction of sp³-hybridized carbons (Fsp3) is 0.240. The summed E-state index contributed by atoms with van der Waals surface area (Å²) < 4.78 is 53.3. The molecule has 0 saturated carbocycles. The van der Waals surface area contributed by atoms with Gasteiger partial charge >= 0.3 is 6.18 Å². The molecule has 168 valence electrons. The second-order valence-electron chi connectivity index (χ2n) is 7.57. The topological polar surface area (TPSA) is 24.9 Å². The van der Waals surface area contributed by atoms with E-state index in [-0.39, 0.29) is 6.54 Å². The Bertz CT molecular complexity index is 1080. The number of halogens is 5. The molecular weight excluding hydrogens is 440 g/mol. The van der Waals surface area contributed by atoms with Gasteiger partial charge < -0.3 is 0 Å². The number of nitrogens with one attached hydrogen (secondary N) is 1. The molecule has 0 aliphatic rings. The van der Waals surface area contributed by atoms with Crippen molar-refractivity contribution in [2.24, 2.45) is 0 Å². The first-order valence-electron chi connectivity index (χ1n) is 10.1. The maximum Gasteiger partial charge on any atom is 0.419 e. The lowest BCUT2D eigenvalue weighted by Crippen LogP contribution is -2.46. The minimum Gasteiger partial charge on any atom is -0.298 e. The Hall–Kier alpha value is -2.70. The number of hydrogen-bond donors (Lipinski definition) is 1. The molecular formula is C25H23ClF4N2. The number of pyridine rings is 1. The van der Waals surface area contributed by atoms with Gasteiger partial charge in [0.2, 0.25) is 0 Å². The smallest absolute Gasteiger partial charge is 0.298 e. The fourth-order valence-corrected chi connectivity index (χ4v) is 3.77. The highest BCUT2D eigenvalue weighted by Gasteiger charge is 2.37. The average Bonchev–Trinajstić information content (AvgIpc) is 2.77. The van der Waals surface area contributed by atoms with Crippen LogP contribution in [0.15, 0.2) is 78.5 Å². The van der Waals surface area contributed by atoms with Crippen molar-refractivity contribution < 1.29 is 17.6 Å². The molecule has 0 spiro atoms. The third-order valence-electron chi connectivity index (χ3n) is 5.51. The van der Waals surface area contributed by atoms with Gasteiger partial charge in [-0.1, -0.05) is 59.6 Å². The van der Waals surface area contributed by atoms with E-state index in [2.05, 4.69) is 10.3 Å². The Morgan fingerprint density at radius 1 is 1.03 bits per heavy atom. The molecule has 0 bridgehead atoms. The van der Waals surface area contributed by atoms with Crippen LogP contribution in [0, 0.1) is 5.82 Å². The molecule has 0 saturated heterocycles. The highest BCUT2D eigenvalue weighted by molar-refractivity contribution is 6.30. The van der Waals surface area contributed by atoms with Crippen LogP contribution in [-0.4, -0.2) is 4.98 Å². The number of hydrogen-bond acceptors (Lipinski definition) is 2. The van der Waals surface area contributed by atoms with Gasteiger partial charge in [-0.25, -0.2) is 4.39 Å². The summed E-state index contributed by atoms with van der Waals surface area (Å²) in [6, 6.07) is 16.3. The molecule has 0 aliphatic heterocycles. The fourth-order valence-electron chi connectivity index (χ4n) is 3.65. The largest absolute Gasteiger partial charge is 0.419 e. The summed E-state index contributed by atoms with van der Waals surface area (Å²) in [6.45, 7) is 3.91. The first-order valence-corrected chi connectivity index (χ1v) is 10.4. The molecule has 0 fully saturated rings. The van der Waals surface area contributed by atoms with E-state index in [1.165, 1.54) is 6.07 Å². The zero-order chi connectivity index (χ0) is 23.4. The molecule has 2 aromatic carbocycles. The minimum absolute atomic E-state index is 0.0751. The molecule has 1 N–H and O–H groups in total. The summed E-state index contributed by atoms with van der Waals surface area (Å²) >= 11 is 6.04. The minimum atomic E-state index is -4.77. The van der Waals surface area contributed by atoms with Crippen molar-refractivity contribution in [3.63, 3.8) is 0 Å². The van der Waals surface area contributed by atoms with Crippen LogP contribution in [-0.2, 0) is 24.7 Å². The lowest BCUT2D eigenvalue weighted by molar-refractivity contribution is -0.140. The molecule has 7 heteroatoms. The molecule has 1 aromatic heterocycles. The average molecular weight is 463 g/mol. The summed E-state index contributed by atoms with van der Waals surface area (Å²) in [5.41, 5.74) is 0.863. The third-order valence-corrected chi connectivity index (χ3v) is 5.74. The van der Waals surface area contributed by atoms with Crippen molar-refractivity contribution in [2.45, 2.75) is 38.5 Å². The van der Waals surface area contributed by atoms with Crippen molar-refractivity contribution in [3.05, 3.63) is 112 Å². The van der Waals surface area contributed by atoms with E-state index in [1.54, 1.807) is 18.3 Å². The number of benzene rings is 2. The van der Waals surface area contributed by atoms with Crippen LogP contribution in [0.4, 0.5) is 17.6 Å². The zero-order valence-electron chi connectivity index (χ0n) is 17.7. The van der Waals surface area contributed by atoms with Crippen LogP contribution in [0.3, 0.4) is 0 Å². The summed E-state index contributed by atoms with van der Waals surface area (Å²) in [6.07, 6.45) is -0.775. The second-order valence-corrected chi connectivity index (χ2v) is 8.00. The maximum absolute atomic E-state index is 13.7. The molecule has 1 atom stereocenters. The van der Waals surface area contributed by atoms with Crippen molar-refractivity contribution in [2.75, 3.05) is 0 Å². The standard InChI is InChI=1S/C25H23ClF4N2/c1-3-17(2)24(14-18-7-5-4-6-8-18,23-12-10-20(26)16-31-23)32-15-19-9-11-22(27)21(13-19)25(28,29)30/h3-13,16,32H,14-15H2,1-2H3/b17-3+. The van der Waals surface area contributed by atoms with Crippen LogP contribution >= 0.6 is 11.6 Å². The molecule has 0 amide bonds. The molecule has 32 heavy (non-hydrogen) atoms. The number of alkyl halides is 3. The number of rotatable bonds is 7. The van der Waals surface area contributed by atoms with Crippen molar-refractivity contribution in [1.82, 2.24) is 10.3 Å². The van der Waals surface area contributed by atoms with E-state index in [9.17, 15) is 17.6 Å². The van der Waals surface area contributed by atoms with Gasteiger partial charge in [0.25, 0.3) is 0 Å². The Labute approximate surface area is 190 Å². The van der Waals surface area contributed by atoms with E-state index in [0.717, 1.165) is 23.3 Å². The second kappa shape index (κ2) is 9.84. The lowest BCUT2D eigenvalue weighted by Gasteiger charge is -2.36. The number of aromatic nitrogens is 1. The van der Waals surface area contributed by atoms with E-state index < -0.39 is 23.1 Å². The third kappa shape index (κ3) is 5.37. The van der Waals surface area contributed by atoms with Gasteiger partial charge in [-0.3, -0.25) is 10.3 Å². The molecule has 3 aromatic rings. The van der Waals surface area contributed by atoms with Crippen LogP contribution in [0.25, 0.3) is 0 Å². The maximum atomic E-state index is 13.7. The van der Waals surface area contributed by atoms with Gasteiger partial charge in [-0.15, -0.1) is 0 Å². The Balaban J connectivity index is 2.05. The highest BCUT2D eigenvalue weighted by Crippen LogP contribution is 2.35. The lowest BCUT2D eigenvalue weighted by atomic mass is 9.80. The SMILES string of the molecule is C/C=C(\C)C(Cc1ccccc1)(NCc1ccc(F)c(C(F)(F)F)c1)c1ccc(Cl)cn1. The van der Waals surface area contributed by atoms with Crippen molar-refractivity contribution >= 4 is 11.6 Å². The van der Waals surface area contributed by atoms with Gasteiger partial charge in [-0.05, 0) is 49.2 Å². The molecule has 2 nitrogen and oxygen atoms in total. The van der Waals surface area contributed by atoms with Gasteiger partial charge in [0.1, 0.15) is 5.82 Å². The molecule has 0 aliphatic carbocycles. The molecule has 1 heterocycles. The van der Waals surface area contributed by atoms with E-state index >= 15 is 0 Å². The van der Waals surface area contributed by atoms with E-state index in [4.69, 9.17) is 11.6 Å². The Morgan fingerprint density at radius 3 is 2.34 bits per heavy atom. The van der Waals surface area contributed by atoms with Gasteiger partial charge in [-0.2, -0.15) is 13.2 Å².